The number of nitrogens with one attached hydrogen (secondary N) is 2. The van der Waals surface area contributed by atoms with Crippen LogP contribution in [0.1, 0.15) is 25.3 Å². The van der Waals surface area contributed by atoms with E-state index in [4.69, 9.17) is 4.74 Å². The van der Waals surface area contributed by atoms with Crippen LogP contribution < -0.4 is 10.2 Å². The van der Waals surface area contributed by atoms with Crippen molar-refractivity contribution in [1.82, 2.24) is 15.3 Å². The number of anilines is 1. The molecule has 9 heteroatoms. The highest BCUT2D eigenvalue weighted by Gasteiger charge is 2.32. The molecule has 1 aliphatic heterocycles. The molecule has 1 aromatic heterocycles. The molecule has 34 heavy (non-hydrogen) atoms. The summed E-state index contributed by atoms with van der Waals surface area (Å²) in [4.78, 5) is 31.9. The lowest BCUT2D eigenvalue weighted by Gasteiger charge is -2.14. The van der Waals surface area contributed by atoms with Crippen molar-refractivity contribution in [2.24, 2.45) is 0 Å². The number of H-pyrrole nitrogens is 1. The van der Waals surface area contributed by atoms with Crippen LogP contribution in [0.25, 0.3) is 11.1 Å². The highest BCUT2D eigenvalue weighted by molar-refractivity contribution is 7.99. The Labute approximate surface area is 202 Å². The number of aryl methyl sites for hydroxylation is 1. The molecule has 0 saturated carbocycles. The average molecular weight is 483 g/mol. The number of cyclic esters (lactones) is 1. The normalized spacial score (nSPS) is 15.4. The first-order chi connectivity index (χ1) is 16.5. The number of carbonyl (C=O) groups is 2. The lowest BCUT2D eigenvalue weighted by atomic mass is 10.0. The quantitative estimate of drug-likeness (QED) is 0.320. The fourth-order valence-electron chi connectivity index (χ4n) is 3.78. The van der Waals surface area contributed by atoms with Gasteiger partial charge in [0.2, 0.25) is 5.91 Å². The summed E-state index contributed by atoms with van der Waals surface area (Å²) in [5.41, 5.74) is 2.91. The molecule has 1 fully saturated rings. The molecule has 1 aliphatic rings. The first-order valence-corrected chi connectivity index (χ1v) is 12.2. The van der Waals surface area contributed by atoms with Crippen molar-refractivity contribution < 1.29 is 18.7 Å². The fourth-order valence-corrected chi connectivity index (χ4v) is 4.61. The van der Waals surface area contributed by atoms with E-state index in [0.29, 0.717) is 11.3 Å². The number of aromatic amines is 1. The number of hydrogen-bond acceptors (Lipinski definition) is 5. The van der Waals surface area contributed by atoms with E-state index < -0.39 is 18.0 Å². The molecule has 2 N–H and O–H groups in total. The molecule has 1 atom stereocenters. The summed E-state index contributed by atoms with van der Waals surface area (Å²) < 4.78 is 20.2. The van der Waals surface area contributed by atoms with E-state index in [0.717, 1.165) is 35.7 Å². The van der Waals surface area contributed by atoms with E-state index in [9.17, 15) is 14.0 Å². The summed E-state index contributed by atoms with van der Waals surface area (Å²) in [5.74, 6) is 0.417. The predicted octanol–water partition coefficient (Wildman–Crippen LogP) is 4.79. The Bertz CT molecular complexity index is 1120. The number of amides is 2. The molecule has 0 aliphatic carbocycles. The lowest BCUT2D eigenvalue weighted by Crippen LogP contribution is -2.33. The number of carbonyl (C=O) groups excluding carboxylic acids is 2. The summed E-state index contributed by atoms with van der Waals surface area (Å²) in [6, 6.07) is 12.7. The molecule has 0 radical (unpaired) electrons. The van der Waals surface area contributed by atoms with Gasteiger partial charge in [-0.3, -0.25) is 9.69 Å². The van der Waals surface area contributed by atoms with Crippen molar-refractivity contribution >= 4 is 29.4 Å². The van der Waals surface area contributed by atoms with E-state index in [1.54, 1.807) is 30.1 Å². The summed E-state index contributed by atoms with van der Waals surface area (Å²) in [6.07, 6.45) is 5.71. The molecular formula is C25H27FN4O3S. The van der Waals surface area contributed by atoms with Gasteiger partial charge in [0.15, 0.2) is 5.16 Å². The average Bonchev–Trinajstić information content (AvgIpc) is 3.47. The van der Waals surface area contributed by atoms with Crippen LogP contribution in [-0.2, 0) is 16.0 Å². The highest BCUT2D eigenvalue weighted by Crippen LogP contribution is 2.29. The van der Waals surface area contributed by atoms with Crippen molar-refractivity contribution in [2.75, 3.05) is 23.7 Å². The number of benzene rings is 2. The maximum atomic E-state index is 14.9. The third-order valence-corrected chi connectivity index (χ3v) is 6.54. The molecule has 7 nitrogen and oxygen atoms in total. The minimum atomic E-state index is -0.547. The van der Waals surface area contributed by atoms with Crippen LogP contribution in [0.3, 0.4) is 0 Å². The van der Waals surface area contributed by atoms with Gasteiger partial charge in [0.25, 0.3) is 0 Å². The first kappa shape index (κ1) is 23.8. The van der Waals surface area contributed by atoms with Crippen LogP contribution in [0, 0.1) is 5.82 Å². The number of unbranched alkanes of at least 4 members (excludes halogenated alkanes) is 1. The summed E-state index contributed by atoms with van der Waals surface area (Å²) in [7, 11) is 0. The molecule has 0 spiro atoms. The minimum Gasteiger partial charge on any atom is -0.442 e. The number of imidazole rings is 1. The van der Waals surface area contributed by atoms with Crippen LogP contribution in [0.4, 0.5) is 14.9 Å². The molecular weight excluding hydrogens is 455 g/mol. The number of hydrogen-bond donors (Lipinski definition) is 2. The minimum absolute atomic E-state index is 0.194. The van der Waals surface area contributed by atoms with Gasteiger partial charge in [-0.2, -0.15) is 0 Å². The van der Waals surface area contributed by atoms with Crippen molar-refractivity contribution in [1.29, 1.82) is 0 Å². The second-order valence-electron chi connectivity index (χ2n) is 8.11. The van der Waals surface area contributed by atoms with Crippen LogP contribution >= 0.6 is 11.8 Å². The molecule has 2 heterocycles. The Hall–Kier alpha value is -3.33. The van der Waals surface area contributed by atoms with Gasteiger partial charge in [0, 0.05) is 30.6 Å². The predicted molar refractivity (Wildman–Crippen MR) is 130 cm³/mol. The van der Waals surface area contributed by atoms with Gasteiger partial charge in [0.1, 0.15) is 11.9 Å². The van der Waals surface area contributed by atoms with Crippen LogP contribution in [0.5, 0.6) is 0 Å². The van der Waals surface area contributed by atoms with E-state index in [2.05, 4.69) is 15.3 Å². The number of nitrogens with zero attached hydrogens (tertiary/aromatic N) is 2. The number of thioether (sulfide) groups is 1. The zero-order valence-electron chi connectivity index (χ0n) is 18.9. The van der Waals surface area contributed by atoms with Crippen LogP contribution in [0.15, 0.2) is 60.0 Å². The van der Waals surface area contributed by atoms with Crippen molar-refractivity contribution in [2.45, 2.75) is 37.4 Å². The molecule has 2 amide bonds. The van der Waals surface area contributed by atoms with Gasteiger partial charge in [-0.05, 0) is 48.6 Å². The van der Waals surface area contributed by atoms with Crippen LogP contribution in [-0.4, -0.2) is 46.9 Å². The molecule has 3 aromatic rings. The standard InChI is InChI=1S/C25H27FN4O3S/c1-17(31)29-15-21-16-30(25(32)33-21)20-9-10-22(23(26)14-20)19-7-5-18(6-8-19)4-2-3-13-34-24-27-11-12-28-24/h5-12,14,21H,2-4,13,15-16H2,1H3,(H,27,28)(H,29,31)/t21-/m0/s1. The Kier molecular flexibility index (Phi) is 7.84. The first-order valence-electron chi connectivity index (χ1n) is 11.2. The van der Waals surface area contributed by atoms with Crippen molar-refractivity contribution in [3.63, 3.8) is 0 Å². The molecule has 1 saturated heterocycles. The Morgan fingerprint density at radius 1 is 1.26 bits per heavy atom. The van der Waals surface area contributed by atoms with Crippen LogP contribution in [0.2, 0.25) is 0 Å². The van der Waals surface area contributed by atoms with Gasteiger partial charge in [-0.25, -0.2) is 14.2 Å². The van der Waals surface area contributed by atoms with Gasteiger partial charge in [-0.15, -0.1) is 0 Å². The smallest absolute Gasteiger partial charge is 0.414 e. The number of ether oxygens (including phenoxy) is 1. The maximum absolute atomic E-state index is 14.9. The highest BCUT2D eigenvalue weighted by atomic mass is 32.2. The number of aromatic nitrogens is 2. The monoisotopic (exact) mass is 482 g/mol. The third-order valence-electron chi connectivity index (χ3n) is 5.55. The van der Waals surface area contributed by atoms with Crippen molar-refractivity contribution in [3.05, 3.63) is 66.2 Å². The third kappa shape index (κ3) is 6.17. The van der Waals surface area contributed by atoms with Gasteiger partial charge in [0.05, 0.1) is 18.8 Å². The SMILES string of the molecule is CC(=O)NC[C@H]1CN(c2ccc(-c3ccc(CCCCSc4ncc[nH]4)cc3)c(F)c2)C(=O)O1. The molecule has 0 bridgehead atoms. The largest absolute Gasteiger partial charge is 0.442 e. The van der Waals surface area contributed by atoms with Gasteiger partial charge < -0.3 is 15.0 Å². The second-order valence-corrected chi connectivity index (χ2v) is 9.20. The van der Waals surface area contributed by atoms with Gasteiger partial charge in [-0.1, -0.05) is 36.0 Å². The van der Waals surface area contributed by atoms with E-state index in [1.807, 2.05) is 30.5 Å². The van der Waals surface area contributed by atoms with E-state index in [1.165, 1.54) is 23.5 Å². The summed E-state index contributed by atoms with van der Waals surface area (Å²) >= 11 is 1.72. The van der Waals surface area contributed by atoms with Crippen molar-refractivity contribution in [3.8, 4) is 11.1 Å². The summed E-state index contributed by atoms with van der Waals surface area (Å²) in [6.45, 7) is 1.89. The number of halogens is 1. The summed E-state index contributed by atoms with van der Waals surface area (Å²) in [5, 5.41) is 3.58. The van der Waals surface area contributed by atoms with E-state index in [-0.39, 0.29) is 19.0 Å². The molecule has 178 valence electrons. The second kappa shape index (κ2) is 11.2. The Balaban J connectivity index is 1.31. The maximum Gasteiger partial charge on any atom is 0.414 e. The van der Waals surface area contributed by atoms with E-state index >= 15 is 0 Å². The Morgan fingerprint density at radius 2 is 2.09 bits per heavy atom. The van der Waals surface area contributed by atoms with Gasteiger partial charge >= 0.3 is 6.09 Å². The fraction of sp³-hybridized carbons (Fsp3) is 0.320. The molecule has 4 rings (SSSR count). The molecule has 0 unspecified atom stereocenters. The molecule has 2 aromatic carbocycles. The number of rotatable bonds is 10. The Morgan fingerprint density at radius 3 is 2.79 bits per heavy atom. The zero-order chi connectivity index (χ0) is 23.9. The topological polar surface area (TPSA) is 87.3 Å². The zero-order valence-corrected chi connectivity index (χ0v) is 19.7. The lowest BCUT2D eigenvalue weighted by molar-refractivity contribution is -0.119.